The molecule has 2 aromatic rings. The van der Waals surface area contributed by atoms with Crippen LogP contribution in [-0.4, -0.2) is 33.1 Å². The fourth-order valence-corrected chi connectivity index (χ4v) is 2.93. The van der Waals surface area contributed by atoms with Crippen molar-refractivity contribution in [2.24, 2.45) is 4.99 Å². The summed E-state index contributed by atoms with van der Waals surface area (Å²) in [5, 5.41) is 2.82. The Labute approximate surface area is 158 Å². The first-order valence-corrected chi connectivity index (χ1v) is 8.50. The quantitative estimate of drug-likeness (QED) is 0.798. The Bertz CT molecular complexity index is 932. The molecule has 0 fully saturated rings. The van der Waals surface area contributed by atoms with Crippen LogP contribution in [0.3, 0.4) is 0 Å². The summed E-state index contributed by atoms with van der Waals surface area (Å²) < 4.78 is 15.8. The first-order valence-electron chi connectivity index (χ1n) is 8.50. The highest BCUT2D eigenvalue weighted by atomic mass is 16.5. The van der Waals surface area contributed by atoms with Crippen LogP contribution in [-0.2, 0) is 11.2 Å². The summed E-state index contributed by atoms with van der Waals surface area (Å²) in [5.74, 6) is 2.51. The fourth-order valence-electron chi connectivity index (χ4n) is 2.93. The van der Waals surface area contributed by atoms with Gasteiger partial charge in [0.1, 0.15) is 17.3 Å². The van der Waals surface area contributed by atoms with E-state index in [1.165, 1.54) is 0 Å². The zero-order valence-electron chi connectivity index (χ0n) is 15.8. The van der Waals surface area contributed by atoms with E-state index in [-0.39, 0.29) is 5.91 Å². The third-order valence-corrected chi connectivity index (χ3v) is 4.29. The number of nitrogens with one attached hydrogen (secondary N) is 1. The number of methoxy groups -OCH3 is 3. The molecule has 1 aliphatic rings. The Morgan fingerprint density at radius 2 is 1.67 bits per heavy atom. The van der Waals surface area contributed by atoms with Crippen molar-refractivity contribution in [3.05, 3.63) is 58.8 Å². The van der Waals surface area contributed by atoms with E-state index in [4.69, 9.17) is 14.2 Å². The van der Waals surface area contributed by atoms with E-state index >= 15 is 0 Å². The van der Waals surface area contributed by atoms with Crippen molar-refractivity contribution in [2.75, 3.05) is 21.3 Å². The number of ether oxygens (including phenoxy) is 3. The molecule has 0 bridgehead atoms. The molecule has 27 heavy (non-hydrogen) atoms. The smallest absolute Gasteiger partial charge is 0.275 e. The second-order valence-corrected chi connectivity index (χ2v) is 6.14. The lowest BCUT2D eigenvalue weighted by atomic mass is 10.1. The Morgan fingerprint density at radius 3 is 2.33 bits per heavy atom. The van der Waals surface area contributed by atoms with Gasteiger partial charge in [-0.15, -0.1) is 0 Å². The molecule has 0 radical (unpaired) electrons. The second kappa shape index (κ2) is 7.95. The zero-order valence-corrected chi connectivity index (χ0v) is 15.8. The molecule has 0 aromatic heterocycles. The monoisotopic (exact) mass is 366 g/mol. The number of hydrogen-bond acceptors (Lipinski definition) is 5. The van der Waals surface area contributed by atoms with Crippen LogP contribution >= 0.6 is 0 Å². The van der Waals surface area contributed by atoms with Gasteiger partial charge < -0.3 is 19.5 Å². The van der Waals surface area contributed by atoms with Gasteiger partial charge in [-0.05, 0) is 54.0 Å². The van der Waals surface area contributed by atoms with Gasteiger partial charge in [-0.1, -0.05) is 12.1 Å². The number of amides is 1. The van der Waals surface area contributed by atoms with Crippen LogP contribution in [0.5, 0.6) is 17.2 Å². The number of aryl methyl sites for hydroxylation is 1. The third-order valence-electron chi connectivity index (χ3n) is 4.29. The number of rotatable bonds is 6. The fraction of sp³-hybridized carbons (Fsp3) is 0.238. The first-order chi connectivity index (χ1) is 13.0. The first kappa shape index (κ1) is 18.5. The summed E-state index contributed by atoms with van der Waals surface area (Å²) in [7, 11) is 4.82. The number of aliphatic imine (C=N–C) groups is 1. The molecule has 0 atom stereocenters. The number of nitrogens with zero attached hydrogens (tertiary/aromatic N) is 1. The van der Waals surface area contributed by atoms with Crippen LogP contribution in [0.25, 0.3) is 6.08 Å². The van der Waals surface area contributed by atoms with Gasteiger partial charge >= 0.3 is 0 Å². The van der Waals surface area contributed by atoms with E-state index in [0.29, 0.717) is 29.5 Å². The predicted octanol–water partition coefficient (Wildman–Crippen LogP) is 3.13. The van der Waals surface area contributed by atoms with Crippen molar-refractivity contribution >= 4 is 17.8 Å². The molecule has 0 spiro atoms. The number of benzene rings is 2. The van der Waals surface area contributed by atoms with Gasteiger partial charge in [-0.25, -0.2) is 4.99 Å². The molecule has 1 amide bonds. The number of carbonyl (C=O) groups excluding carboxylic acids is 1. The Morgan fingerprint density at radius 1 is 0.963 bits per heavy atom. The van der Waals surface area contributed by atoms with Crippen molar-refractivity contribution in [3.63, 3.8) is 0 Å². The normalized spacial score (nSPS) is 14.7. The lowest BCUT2D eigenvalue weighted by Crippen LogP contribution is -2.25. The van der Waals surface area contributed by atoms with Crippen LogP contribution in [0.2, 0.25) is 0 Å². The number of amidine groups is 1. The van der Waals surface area contributed by atoms with Crippen molar-refractivity contribution in [1.29, 1.82) is 0 Å². The summed E-state index contributed by atoms with van der Waals surface area (Å²) in [6.45, 7) is 1.96. The second-order valence-electron chi connectivity index (χ2n) is 6.14. The molecule has 1 N–H and O–H groups in total. The number of hydrogen-bond donors (Lipinski definition) is 1. The summed E-state index contributed by atoms with van der Waals surface area (Å²) in [6, 6.07) is 11.4. The SMILES string of the molecule is COc1ccc(/C=C2/N=C(Cc3ccc(OC)c(OC)c3)NC2=O)cc1C. The van der Waals surface area contributed by atoms with E-state index in [9.17, 15) is 4.79 Å². The van der Waals surface area contributed by atoms with E-state index in [2.05, 4.69) is 10.3 Å². The molecule has 1 heterocycles. The van der Waals surface area contributed by atoms with Gasteiger partial charge in [-0.3, -0.25) is 4.79 Å². The van der Waals surface area contributed by atoms with Crippen LogP contribution in [0.1, 0.15) is 16.7 Å². The summed E-state index contributed by atoms with van der Waals surface area (Å²) in [5.41, 5.74) is 3.25. The molecule has 6 nitrogen and oxygen atoms in total. The molecule has 140 valence electrons. The van der Waals surface area contributed by atoms with Gasteiger partial charge in [0.15, 0.2) is 11.5 Å². The minimum absolute atomic E-state index is 0.209. The minimum atomic E-state index is -0.209. The summed E-state index contributed by atoms with van der Waals surface area (Å²) in [4.78, 5) is 16.7. The molecule has 0 saturated carbocycles. The van der Waals surface area contributed by atoms with Crippen molar-refractivity contribution < 1.29 is 19.0 Å². The lowest BCUT2D eigenvalue weighted by Gasteiger charge is -2.09. The lowest BCUT2D eigenvalue weighted by molar-refractivity contribution is -0.115. The third kappa shape index (κ3) is 4.11. The van der Waals surface area contributed by atoms with Gasteiger partial charge in [0.05, 0.1) is 21.3 Å². The van der Waals surface area contributed by atoms with Gasteiger partial charge in [0.2, 0.25) is 0 Å². The molecular weight excluding hydrogens is 344 g/mol. The molecule has 0 aliphatic carbocycles. The number of carbonyl (C=O) groups is 1. The van der Waals surface area contributed by atoms with Crippen LogP contribution in [0.4, 0.5) is 0 Å². The minimum Gasteiger partial charge on any atom is -0.496 e. The van der Waals surface area contributed by atoms with Crippen molar-refractivity contribution in [3.8, 4) is 17.2 Å². The Balaban J connectivity index is 1.81. The summed E-state index contributed by atoms with van der Waals surface area (Å²) >= 11 is 0. The van der Waals surface area contributed by atoms with Gasteiger partial charge in [-0.2, -0.15) is 0 Å². The largest absolute Gasteiger partial charge is 0.496 e. The molecular formula is C21H22N2O4. The van der Waals surface area contributed by atoms with Crippen LogP contribution in [0.15, 0.2) is 47.1 Å². The van der Waals surface area contributed by atoms with Gasteiger partial charge in [0, 0.05) is 6.42 Å². The maximum atomic E-state index is 12.2. The zero-order chi connectivity index (χ0) is 19.4. The molecule has 6 heteroatoms. The molecule has 2 aromatic carbocycles. The van der Waals surface area contributed by atoms with Crippen LogP contribution in [0, 0.1) is 6.92 Å². The van der Waals surface area contributed by atoms with E-state index in [1.807, 2.05) is 43.3 Å². The molecule has 3 rings (SSSR count). The molecule has 0 saturated heterocycles. The Hall–Kier alpha value is -3.28. The average molecular weight is 366 g/mol. The standard InChI is InChI=1S/C21H22N2O4/c1-13-9-14(5-7-17(13)25-2)10-16-21(24)23-20(22-16)12-15-6-8-18(26-3)19(11-15)27-4/h5-11H,12H2,1-4H3,(H,22,23,24)/b16-10+. The van der Waals surface area contributed by atoms with Crippen LogP contribution < -0.4 is 19.5 Å². The van der Waals surface area contributed by atoms with E-state index < -0.39 is 0 Å². The van der Waals surface area contributed by atoms with Crippen molar-refractivity contribution in [2.45, 2.75) is 13.3 Å². The molecule has 0 unspecified atom stereocenters. The Kier molecular flexibility index (Phi) is 5.45. The van der Waals surface area contributed by atoms with Crippen molar-refractivity contribution in [1.82, 2.24) is 5.32 Å². The van der Waals surface area contributed by atoms with Gasteiger partial charge in [0.25, 0.3) is 5.91 Å². The van der Waals surface area contributed by atoms with E-state index in [1.54, 1.807) is 27.4 Å². The highest BCUT2D eigenvalue weighted by Crippen LogP contribution is 2.28. The average Bonchev–Trinajstić information content (AvgIpc) is 3.00. The highest BCUT2D eigenvalue weighted by molar-refractivity contribution is 6.14. The maximum Gasteiger partial charge on any atom is 0.275 e. The summed E-state index contributed by atoms with van der Waals surface area (Å²) in [6.07, 6.45) is 2.26. The van der Waals surface area contributed by atoms with E-state index in [0.717, 1.165) is 22.4 Å². The highest BCUT2D eigenvalue weighted by Gasteiger charge is 2.20. The maximum absolute atomic E-state index is 12.2. The predicted molar refractivity (Wildman–Crippen MR) is 105 cm³/mol. The topological polar surface area (TPSA) is 69.2 Å². The molecule has 1 aliphatic heterocycles.